The molecule has 0 aliphatic rings. The molecule has 1 rings (SSSR count). The second kappa shape index (κ2) is 9.82. The second-order valence-corrected chi connectivity index (χ2v) is 8.24. The van der Waals surface area contributed by atoms with E-state index in [0.717, 1.165) is 10.6 Å². The molecule has 0 heterocycles. The summed E-state index contributed by atoms with van der Waals surface area (Å²) in [7, 11) is -3.48. The predicted molar refractivity (Wildman–Crippen MR) is 92.2 cm³/mol. The summed E-state index contributed by atoms with van der Waals surface area (Å²) in [6.45, 7) is 0. The Hall–Kier alpha value is -1.54. The standard InChI is InChI=1S/C15H21O8PS/c1-23-10-5-7-11(8-6-10)25-9-3-2-4-12(14(16)17)13(15(18)19)24(20,21)22/h5-8,12-13H,2-4,9H2,1H3,(H,16,17)(H,18,19)(H2,20,21,22). The lowest BCUT2D eigenvalue weighted by molar-refractivity contribution is -0.148. The Morgan fingerprint density at radius 1 is 1.12 bits per heavy atom. The minimum Gasteiger partial charge on any atom is -0.497 e. The van der Waals surface area contributed by atoms with Gasteiger partial charge in [-0.2, -0.15) is 0 Å². The summed E-state index contributed by atoms with van der Waals surface area (Å²) >= 11 is 1.55. The fraction of sp³-hybridized carbons (Fsp3) is 0.467. The van der Waals surface area contributed by atoms with Crippen LogP contribution >= 0.6 is 19.4 Å². The van der Waals surface area contributed by atoms with Crippen molar-refractivity contribution in [3.63, 3.8) is 0 Å². The maximum atomic E-state index is 11.3. The van der Waals surface area contributed by atoms with Gasteiger partial charge in [0.1, 0.15) is 5.75 Å². The molecule has 0 radical (unpaired) electrons. The Morgan fingerprint density at radius 2 is 1.72 bits per heavy atom. The third-order valence-corrected chi connectivity index (χ3v) is 5.96. The first kappa shape index (κ1) is 21.5. The van der Waals surface area contributed by atoms with E-state index in [1.165, 1.54) is 0 Å². The Bertz CT molecular complexity index is 627. The highest BCUT2D eigenvalue weighted by molar-refractivity contribution is 7.99. The molecule has 25 heavy (non-hydrogen) atoms. The summed E-state index contributed by atoms with van der Waals surface area (Å²) in [5.41, 5.74) is -2.22. The van der Waals surface area contributed by atoms with Crippen molar-refractivity contribution in [2.24, 2.45) is 5.92 Å². The summed E-state index contributed by atoms with van der Waals surface area (Å²) in [6, 6.07) is 7.41. The fourth-order valence-electron chi connectivity index (χ4n) is 2.30. The fourth-order valence-corrected chi connectivity index (χ4v) is 4.24. The van der Waals surface area contributed by atoms with E-state index < -0.39 is 31.1 Å². The maximum absolute atomic E-state index is 11.3. The van der Waals surface area contributed by atoms with Crippen LogP contribution in [0.3, 0.4) is 0 Å². The number of rotatable bonds is 11. The average molecular weight is 392 g/mol. The van der Waals surface area contributed by atoms with Gasteiger partial charge < -0.3 is 24.7 Å². The Balaban J connectivity index is 2.51. The molecule has 10 heteroatoms. The predicted octanol–water partition coefficient (Wildman–Crippen LogP) is 2.29. The summed E-state index contributed by atoms with van der Waals surface area (Å²) in [6.07, 6.45) is 0.832. The van der Waals surface area contributed by atoms with Gasteiger partial charge in [-0.05, 0) is 42.9 Å². The highest BCUT2D eigenvalue weighted by Crippen LogP contribution is 2.46. The van der Waals surface area contributed by atoms with Gasteiger partial charge in [-0.1, -0.05) is 6.42 Å². The van der Waals surface area contributed by atoms with Crippen molar-refractivity contribution < 1.29 is 38.9 Å². The first-order chi connectivity index (χ1) is 11.7. The molecule has 0 aliphatic heterocycles. The van der Waals surface area contributed by atoms with Crippen LogP contribution in [0, 0.1) is 5.92 Å². The lowest BCUT2D eigenvalue weighted by Crippen LogP contribution is -2.35. The molecular weight excluding hydrogens is 371 g/mol. The van der Waals surface area contributed by atoms with Gasteiger partial charge in [0, 0.05) is 4.90 Å². The molecular formula is C15H21O8PS. The molecule has 0 fully saturated rings. The van der Waals surface area contributed by atoms with Gasteiger partial charge in [0.15, 0.2) is 5.66 Å². The quantitative estimate of drug-likeness (QED) is 0.253. The third-order valence-electron chi connectivity index (χ3n) is 3.55. The van der Waals surface area contributed by atoms with Crippen LogP contribution in [-0.2, 0) is 14.2 Å². The van der Waals surface area contributed by atoms with Gasteiger partial charge in [0.2, 0.25) is 0 Å². The SMILES string of the molecule is COc1ccc(SCCCCC(C(=O)O)C(C(=O)O)P(=O)(O)O)cc1. The van der Waals surface area contributed by atoms with E-state index in [0.29, 0.717) is 18.6 Å². The molecule has 0 aliphatic carbocycles. The van der Waals surface area contributed by atoms with Crippen LogP contribution in [-0.4, -0.2) is 50.5 Å². The molecule has 140 valence electrons. The Kier molecular flexibility index (Phi) is 8.44. The van der Waals surface area contributed by atoms with Crippen molar-refractivity contribution in [2.75, 3.05) is 12.9 Å². The second-order valence-electron chi connectivity index (χ2n) is 5.34. The third kappa shape index (κ3) is 7.07. The van der Waals surface area contributed by atoms with E-state index in [-0.39, 0.29) is 6.42 Å². The van der Waals surface area contributed by atoms with Gasteiger partial charge >= 0.3 is 19.5 Å². The smallest absolute Gasteiger partial charge is 0.340 e. The minimum absolute atomic E-state index is 0.111. The summed E-state index contributed by atoms with van der Waals surface area (Å²) in [4.78, 5) is 41.5. The van der Waals surface area contributed by atoms with Crippen LogP contribution in [0.5, 0.6) is 5.75 Å². The molecule has 1 aromatic carbocycles. The van der Waals surface area contributed by atoms with Gasteiger partial charge in [-0.25, -0.2) is 0 Å². The number of ether oxygens (including phenoxy) is 1. The Labute approximate surface area is 149 Å². The number of thioether (sulfide) groups is 1. The zero-order chi connectivity index (χ0) is 19.0. The molecule has 0 spiro atoms. The van der Waals surface area contributed by atoms with Gasteiger partial charge in [-0.3, -0.25) is 14.2 Å². The van der Waals surface area contributed by atoms with E-state index in [2.05, 4.69) is 0 Å². The lowest BCUT2D eigenvalue weighted by atomic mass is 9.98. The molecule has 2 atom stereocenters. The molecule has 0 aromatic heterocycles. The largest absolute Gasteiger partial charge is 0.497 e. The summed E-state index contributed by atoms with van der Waals surface area (Å²) in [5, 5.41) is 18.1. The molecule has 0 bridgehead atoms. The number of carboxylic acid groups (broad SMARTS) is 2. The van der Waals surface area contributed by atoms with Crippen LogP contribution in [0.1, 0.15) is 19.3 Å². The summed E-state index contributed by atoms with van der Waals surface area (Å²) < 4.78 is 16.3. The van der Waals surface area contributed by atoms with Crippen molar-refractivity contribution in [1.82, 2.24) is 0 Å². The highest BCUT2D eigenvalue weighted by Gasteiger charge is 2.45. The van der Waals surface area contributed by atoms with Crippen molar-refractivity contribution in [1.29, 1.82) is 0 Å². The number of carboxylic acids is 2. The van der Waals surface area contributed by atoms with Crippen LogP contribution in [0.2, 0.25) is 0 Å². The molecule has 1 aromatic rings. The van der Waals surface area contributed by atoms with Crippen molar-refractivity contribution >= 4 is 31.3 Å². The lowest BCUT2D eigenvalue weighted by Gasteiger charge is -2.21. The zero-order valence-electron chi connectivity index (χ0n) is 13.6. The van der Waals surface area contributed by atoms with Crippen molar-refractivity contribution in [3.05, 3.63) is 24.3 Å². The zero-order valence-corrected chi connectivity index (χ0v) is 15.3. The summed E-state index contributed by atoms with van der Waals surface area (Å²) in [5.74, 6) is -3.52. The molecule has 0 amide bonds. The molecule has 4 N–H and O–H groups in total. The van der Waals surface area contributed by atoms with Gasteiger partial charge in [0.05, 0.1) is 13.0 Å². The maximum Gasteiger partial charge on any atom is 0.340 e. The Morgan fingerprint density at radius 3 is 2.16 bits per heavy atom. The number of unbranched alkanes of at least 4 members (excludes halogenated alkanes) is 1. The number of aliphatic carboxylic acids is 2. The number of carbonyl (C=O) groups is 2. The normalized spacial score (nSPS) is 13.9. The van der Waals surface area contributed by atoms with E-state index in [1.54, 1.807) is 18.9 Å². The molecule has 0 saturated carbocycles. The van der Waals surface area contributed by atoms with E-state index in [1.807, 2.05) is 24.3 Å². The van der Waals surface area contributed by atoms with E-state index >= 15 is 0 Å². The number of methoxy groups -OCH3 is 1. The monoisotopic (exact) mass is 392 g/mol. The van der Waals surface area contributed by atoms with Crippen LogP contribution in [0.25, 0.3) is 0 Å². The molecule has 0 saturated heterocycles. The minimum atomic E-state index is -5.05. The topological polar surface area (TPSA) is 141 Å². The first-order valence-corrected chi connectivity index (χ1v) is 10.1. The van der Waals surface area contributed by atoms with E-state index in [9.17, 15) is 14.2 Å². The van der Waals surface area contributed by atoms with Gasteiger partial charge in [-0.15, -0.1) is 11.8 Å². The molecule has 8 nitrogen and oxygen atoms in total. The molecule has 2 unspecified atom stereocenters. The van der Waals surface area contributed by atoms with Crippen LogP contribution < -0.4 is 4.74 Å². The highest BCUT2D eigenvalue weighted by atomic mass is 32.2. The number of benzene rings is 1. The van der Waals surface area contributed by atoms with E-state index in [4.69, 9.17) is 24.7 Å². The average Bonchev–Trinajstić information content (AvgIpc) is 2.52. The van der Waals surface area contributed by atoms with Crippen LogP contribution in [0.15, 0.2) is 29.2 Å². The van der Waals surface area contributed by atoms with Crippen molar-refractivity contribution in [2.45, 2.75) is 29.8 Å². The van der Waals surface area contributed by atoms with Crippen molar-refractivity contribution in [3.8, 4) is 5.75 Å². The number of hydrogen-bond donors (Lipinski definition) is 4. The number of hydrogen-bond acceptors (Lipinski definition) is 5. The van der Waals surface area contributed by atoms with Crippen LogP contribution in [0.4, 0.5) is 0 Å². The first-order valence-electron chi connectivity index (χ1n) is 7.44. The van der Waals surface area contributed by atoms with Gasteiger partial charge in [0.25, 0.3) is 0 Å².